The number of esters is 1. The lowest BCUT2D eigenvalue weighted by molar-refractivity contribution is -0.145. The summed E-state index contributed by atoms with van der Waals surface area (Å²) in [5, 5.41) is 10.4. The number of ether oxygens (including phenoxy) is 1. The third kappa shape index (κ3) is 6.40. The summed E-state index contributed by atoms with van der Waals surface area (Å²) in [5.41, 5.74) is 1.71. The fraction of sp³-hybridized carbons (Fsp3) is 0.393. The lowest BCUT2D eigenvalue weighted by Gasteiger charge is -2.39. The second-order valence-corrected chi connectivity index (χ2v) is 10.1. The highest BCUT2D eigenvalue weighted by Crippen LogP contribution is 2.26. The SMILES string of the molecule is COC(=O)[C@@H]1C[C@@H](O)CN1C(=O)c1cc(Cl)ccc1C=CC(=O)N1CCN(Cc2ccc(F)cc2)CC1C. The standard InChI is InChI=1S/C28H31ClFN3O5/c1-18-15-31(16-19-3-8-22(30)9-4-19)11-12-32(18)26(35)10-6-20-5-7-21(29)13-24(20)27(36)33-17-23(34)14-25(33)28(37)38-2/h3-10,13,18,23,25,34H,11-12,14-17H2,1-2H3/t18?,23-,25+/m1/s1. The Hall–Kier alpha value is -3.27. The van der Waals surface area contributed by atoms with Crippen LogP contribution >= 0.6 is 11.6 Å². The Balaban J connectivity index is 1.44. The van der Waals surface area contributed by atoms with E-state index in [1.165, 1.54) is 36.3 Å². The van der Waals surface area contributed by atoms with Gasteiger partial charge in [-0.15, -0.1) is 0 Å². The van der Waals surface area contributed by atoms with Gasteiger partial charge in [-0.25, -0.2) is 9.18 Å². The summed E-state index contributed by atoms with van der Waals surface area (Å²) in [4.78, 5) is 43.9. The fourth-order valence-corrected chi connectivity index (χ4v) is 5.19. The zero-order valence-electron chi connectivity index (χ0n) is 21.3. The Morgan fingerprint density at radius 3 is 2.53 bits per heavy atom. The number of likely N-dealkylation sites (tertiary alicyclic amines) is 1. The Bertz CT molecular complexity index is 1220. The molecule has 0 aromatic heterocycles. The molecule has 0 aliphatic carbocycles. The molecule has 0 spiro atoms. The number of piperazine rings is 1. The summed E-state index contributed by atoms with van der Waals surface area (Å²) in [7, 11) is 1.23. The third-order valence-electron chi connectivity index (χ3n) is 6.98. The van der Waals surface area contributed by atoms with Crippen molar-refractivity contribution in [1.29, 1.82) is 0 Å². The first kappa shape index (κ1) is 27.8. The molecule has 1 N–H and O–H groups in total. The van der Waals surface area contributed by atoms with Crippen LogP contribution < -0.4 is 0 Å². The smallest absolute Gasteiger partial charge is 0.328 e. The van der Waals surface area contributed by atoms with Crippen molar-refractivity contribution in [3.63, 3.8) is 0 Å². The Labute approximate surface area is 226 Å². The van der Waals surface area contributed by atoms with Gasteiger partial charge in [0.1, 0.15) is 11.9 Å². The lowest BCUT2D eigenvalue weighted by Crippen LogP contribution is -2.53. The van der Waals surface area contributed by atoms with Crippen molar-refractivity contribution >= 4 is 35.5 Å². The van der Waals surface area contributed by atoms with Crippen LogP contribution in [0.5, 0.6) is 0 Å². The van der Waals surface area contributed by atoms with Crippen molar-refractivity contribution in [3.8, 4) is 0 Å². The molecule has 8 nitrogen and oxygen atoms in total. The van der Waals surface area contributed by atoms with E-state index in [0.717, 1.165) is 5.56 Å². The number of carbonyl (C=O) groups is 3. The molecular weight excluding hydrogens is 513 g/mol. The summed E-state index contributed by atoms with van der Waals surface area (Å²) in [6.45, 7) is 4.53. The number of hydrogen-bond donors (Lipinski definition) is 1. The van der Waals surface area contributed by atoms with Crippen LogP contribution in [0.3, 0.4) is 0 Å². The minimum atomic E-state index is -0.896. The number of β-amino-alcohol motifs (C(OH)–C–C–N with tert-alkyl or cyclic N) is 1. The van der Waals surface area contributed by atoms with E-state index in [1.54, 1.807) is 35.2 Å². The van der Waals surface area contributed by atoms with E-state index < -0.39 is 24.0 Å². The van der Waals surface area contributed by atoms with Gasteiger partial charge < -0.3 is 19.6 Å². The van der Waals surface area contributed by atoms with Crippen LogP contribution in [0.1, 0.15) is 34.8 Å². The maximum Gasteiger partial charge on any atom is 0.328 e. The predicted octanol–water partition coefficient (Wildman–Crippen LogP) is 2.97. The highest BCUT2D eigenvalue weighted by molar-refractivity contribution is 6.31. The zero-order valence-corrected chi connectivity index (χ0v) is 22.1. The number of hydrogen-bond acceptors (Lipinski definition) is 6. The van der Waals surface area contributed by atoms with Gasteiger partial charge in [0.2, 0.25) is 5.91 Å². The molecule has 2 fully saturated rings. The number of methoxy groups -OCH3 is 1. The molecule has 2 aromatic rings. The highest BCUT2D eigenvalue weighted by Gasteiger charge is 2.40. The number of benzene rings is 2. The maximum atomic E-state index is 13.4. The van der Waals surface area contributed by atoms with E-state index >= 15 is 0 Å². The number of nitrogens with zero attached hydrogens (tertiary/aromatic N) is 3. The van der Waals surface area contributed by atoms with Gasteiger partial charge in [0.05, 0.1) is 13.2 Å². The second kappa shape index (κ2) is 12.1. The molecule has 1 unspecified atom stereocenters. The van der Waals surface area contributed by atoms with Crippen molar-refractivity contribution in [2.75, 3.05) is 33.3 Å². The lowest BCUT2D eigenvalue weighted by atomic mass is 10.0. The second-order valence-electron chi connectivity index (χ2n) is 9.69. The molecule has 0 radical (unpaired) electrons. The van der Waals surface area contributed by atoms with E-state index in [9.17, 15) is 23.9 Å². The maximum absolute atomic E-state index is 13.4. The molecule has 3 atom stereocenters. The molecule has 2 aromatic carbocycles. The van der Waals surface area contributed by atoms with Crippen LogP contribution in [-0.4, -0.2) is 89.1 Å². The molecule has 0 bridgehead atoms. The van der Waals surface area contributed by atoms with Gasteiger partial charge in [0, 0.05) is 61.8 Å². The van der Waals surface area contributed by atoms with Crippen molar-refractivity contribution in [2.24, 2.45) is 0 Å². The normalized spacial score (nSPS) is 22.2. The first-order valence-corrected chi connectivity index (χ1v) is 12.9. The van der Waals surface area contributed by atoms with Gasteiger partial charge in [-0.2, -0.15) is 0 Å². The largest absolute Gasteiger partial charge is 0.467 e. The van der Waals surface area contributed by atoms with Gasteiger partial charge in [0.25, 0.3) is 5.91 Å². The summed E-state index contributed by atoms with van der Waals surface area (Å²) in [5.74, 6) is -1.53. The third-order valence-corrected chi connectivity index (χ3v) is 7.21. The van der Waals surface area contributed by atoms with Crippen molar-refractivity contribution in [2.45, 2.75) is 38.1 Å². The average Bonchev–Trinajstić information content (AvgIpc) is 3.29. The number of aliphatic hydroxyl groups excluding tert-OH is 1. The number of aliphatic hydroxyl groups is 1. The van der Waals surface area contributed by atoms with Crippen molar-refractivity contribution in [3.05, 3.63) is 76.1 Å². The number of amides is 2. The molecule has 2 aliphatic rings. The Morgan fingerprint density at radius 1 is 1.11 bits per heavy atom. The van der Waals surface area contributed by atoms with Crippen LogP contribution in [0.25, 0.3) is 6.08 Å². The molecule has 2 aliphatic heterocycles. The van der Waals surface area contributed by atoms with E-state index in [4.69, 9.17) is 16.3 Å². The molecule has 4 rings (SSSR count). The fourth-order valence-electron chi connectivity index (χ4n) is 5.02. The molecule has 202 valence electrons. The van der Waals surface area contributed by atoms with E-state index in [1.807, 2.05) is 6.92 Å². The van der Waals surface area contributed by atoms with Gasteiger partial charge in [-0.1, -0.05) is 29.8 Å². The predicted molar refractivity (Wildman–Crippen MR) is 141 cm³/mol. The molecule has 2 amide bonds. The first-order valence-electron chi connectivity index (χ1n) is 12.5. The van der Waals surface area contributed by atoms with Crippen LogP contribution in [0.2, 0.25) is 5.02 Å². The average molecular weight is 544 g/mol. The van der Waals surface area contributed by atoms with Crippen LogP contribution in [0.15, 0.2) is 48.5 Å². The van der Waals surface area contributed by atoms with Crippen LogP contribution in [0, 0.1) is 5.82 Å². The Morgan fingerprint density at radius 2 is 1.84 bits per heavy atom. The molecular formula is C28H31ClFN3O5. The Kier molecular flexibility index (Phi) is 8.81. The van der Waals surface area contributed by atoms with Crippen LogP contribution in [0.4, 0.5) is 4.39 Å². The van der Waals surface area contributed by atoms with E-state index in [0.29, 0.717) is 36.8 Å². The van der Waals surface area contributed by atoms with Gasteiger partial charge in [0.15, 0.2) is 0 Å². The first-order chi connectivity index (χ1) is 18.2. The van der Waals surface area contributed by atoms with E-state index in [-0.39, 0.29) is 36.3 Å². The summed E-state index contributed by atoms with van der Waals surface area (Å²) in [6, 6.07) is 10.2. The summed E-state index contributed by atoms with van der Waals surface area (Å²) < 4.78 is 18.0. The monoisotopic (exact) mass is 543 g/mol. The van der Waals surface area contributed by atoms with Crippen molar-refractivity contribution < 1.29 is 28.6 Å². The zero-order chi connectivity index (χ0) is 27.4. The molecule has 2 saturated heterocycles. The van der Waals surface area contributed by atoms with Gasteiger partial charge in [-0.3, -0.25) is 14.5 Å². The summed E-state index contributed by atoms with van der Waals surface area (Å²) >= 11 is 6.17. The number of rotatable bonds is 6. The van der Waals surface area contributed by atoms with Crippen LogP contribution in [-0.2, 0) is 20.9 Å². The molecule has 38 heavy (non-hydrogen) atoms. The number of carbonyl (C=O) groups excluding carboxylic acids is 3. The number of halogens is 2. The minimum Gasteiger partial charge on any atom is -0.467 e. The molecule has 10 heteroatoms. The highest BCUT2D eigenvalue weighted by atomic mass is 35.5. The topological polar surface area (TPSA) is 90.4 Å². The molecule has 0 saturated carbocycles. The quantitative estimate of drug-likeness (QED) is 0.445. The van der Waals surface area contributed by atoms with Crippen molar-refractivity contribution in [1.82, 2.24) is 14.7 Å². The minimum absolute atomic E-state index is 0.00703. The molecule has 2 heterocycles. The van der Waals surface area contributed by atoms with E-state index in [2.05, 4.69) is 4.90 Å². The van der Waals surface area contributed by atoms with Gasteiger partial charge >= 0.3 is 5.97 Å². The summed E-state index contributed by atoms with van der Waals surface area (Å²) in [6.07, 6.45) is 2.26. The van der Waals surface area contributed by atoms with Gasteiger partial charge in [-0.05, 0) is 48.4 Å².